The van der Waals surface area contributed by atoms with E-state index < -0.39 is 0 Å². The third kappa shape index (κ3) is 2.97. The molecule has 1 atom stereocenters. The smallest absolute Gasteiger partial charge is 0.229 e. The van der Waals surface area contributed by atoms with E-state index in [1.165, 1.54) is 0 Å². The topological polar surface area (TPSA) is 49.8 Å². The van der Waals surface area contributed by atoms with Crippen LogP contribution >= 0.6 is 0 Å². The Balaban J connectivity index is 1.98. The maximum absolute atomic E-state index is 12.0. The van der Waals surface area contributed by atoms with E-state index in [1.54, 1.807) is 36.2 Å². The van der Waals surface area contributed by atoms with Crippen LogP contribution in [-0.2, 0) is 9.53 Å². The molecule has 0 saturated carbocycles. The fourth-order valence-corrected chi connectivity index (χ4v) is 1.98. The van der Waals surface area contributed by atoms with Crippen molar-refractivity contribution in [2.45, 2.75) is 25.4 Å². The number of amides is 1. The number of carbonyl (C=O) groups excluding carboxylic acids is 1. The number of ether oxygens (including phenoxy) is 1. The standard InChI is InChI=1S/C13H17NO3/c1-14(10-4-2-5-11(15)8-10)13(16)9-12-6-3-7-17-12/h2,4-5,8,12,15H,3,6-7,9H2,1H3. The van der Waals surface area contributed by atoms with Gasteiger partial charge in [0.15, 0.2) is 0 Å². The zero-order chi connectivity index (χ0) is 12.3. The first-order valence-corrected chi connectivity index (χ1v) is 5.84. The fourth-order valence-electron chi connectivity index (χ4n) is 1.98. The molecule has 1 aliphatic heterocycles. The highest BCUT2D eigenvalue weighted by Gasteiger charge is 2.21. The Labute approximate surface area is 101 Å². The molecule has 1 saturated heterocycles. The van der Waals surface area contributed by atoms with Crippen LogP contribution < -0.4 is 4.90 Å². The Hall–Kier alpha value is -1.55. The average Bonchev–Trinajstić information content (AvgIpc) is 2.80. The van der Waals surface area contributed by atoms with Gasteiger partial charge in [0.2, 0.25) is 5.91 Å². The summed E-state index contributed by atoms with van der Waals surface area (Å²) < 4.78 is 5.44. The van der Waals surface area contributed by atoms with E-state index in [2.05, 4.69) is 0 Å². The van der Waals surface area contributed by atoms with Crippen LogP contribution in [0.3, 0.4) is 0 Å². The molecule has 0 bridgehead atoms. The molecule has 1 heterocycles. The number of carbonyl (C=O) groups is 1. The normalized spacial score (nSPS) is 19.2. The molecular weight excluding hydrogens is 218 g/mol. The number of hydrogen-bond acceptors (Lipinski definition) is 3. The van der Waals surface area contributed by atoms with Crippen molar-refractivity contribution in [3.05, 3.63) is 24.3 Å². The molecule has 0 aromatic heterocycles. The van der Waals surface area contributed by atoms with Gasteiger partial charge in [-0.15, -0.1) is 0 Å². The average molecular weight is 235 g/mol. The monoisotopic (exact) mass is 235 g/mol. The second-order valence-electron chi connectivity index (χ2n) is 4.31. The van der Waals surface area contributed by atoms with Crippen LogP contribution in [0.2, 0.25) is 0 Å². The highest BCUT2D eigenvalue weighted by molar-refractivity contribution is 5.93. The maximum atomic E-state index is 12.0. The lowest BCUT2D eigenvalue weighted by Gasteiger charge is -2.19. The molecule has 1 amide bonds. The van der Waals surface area contributed by atoms with Gasteiger partial charge in [0.1, 0.15) is 5.75 Å². The van der Waals surface area contributed by atoms with Gasteiger partial charge in [0.05, 0.1) is 12.5 Å². The Morgan fingerprint density at radius 2 is 2.41 bits per heavy atom. The van der Waals surface area contributed by atoms with Crippen molar-refractivity contribution in [3.8, 4) is 5.75 Å². The second kappa shape index (κ2) is 5.19. The molecule has 0 spiro atoms. The molecule has 0 aliphatic carbocycles. The van der Waals surface area contributed by atoms with Crippen LogP contribution in [0.25, 0.3) is 0 Å². The molecule has 1 fully saturated rings. The van der Waals surface area contributed by atoms with E-state index >= 15 is 0 Å². The molecule has 92 valence electrons. The number of hydrogen-bond donors (Lipinski definition) is 1. The summed E-state index contributed by atoms with van der Waals surface area (Å²) in [5, 5.41) is 9.37. The van der Waals surface area contributed by atoms with Crippen LogP contribution in [0.15, 0.2) is 24.3 Å². The zero-order valence-corrected chi connectivity index (χ0v) is 9.93. The van der Waals surface area contributed by atoms with E-state index in [1.807, 2.05) is 0 Å². The van der Waals surface area contributed by atoms with Crippen LogP contribution in [0.1, 0.15) is 19.3 Å². The largest absolute Gasteiger partial charge is 0.508 e. The number of benzene rings is 1. The summed E-state index contributed by atoms with van der Waals surface area (Å²) in [5.74, 6) is 0.182. The Bertz CT molecular complexity index is 399. The minimum atomic E-state index is 0.0162. The second-order valence-corrected chi connectivity index (χ2v) is 4.31. The first-order chi connectivity index (χ1) is 8.16. The van der Waals surface area contributed by atoms with Crippen molar-refractivity contribution in [3.63, 3.8) is 0 Å². The summed E-state index contributed by atoms with van der Waals surface area (Å²) in [5.41, 5.74) is 0.702. The molecule has 1 N–H and O–H groups in total. The number of phenols is 1. The Kier molecular flexibility index (Phi) is 3.64. The third-order valence-electron chi connectivity index (χ3n) is 3.02. The SMILES string of the molecule is CN(C(=O)CC1CCCO1)c1cccc(O)c1. The van der Waals surface area contributed by atoms with Crippen molar-refractivity contribution < 1.29 is 14.6 Å². The van der Waals surface area contributed by atoms with Gasteiger partial charge in [-0.25, -0.2) is 0 Å². The minimum Gasteiger partial charge on any atom is -0.508 e. The van der Waals surface area contributed by atoms with Crippen LogP contribution in [0, 0.1) is 0 Å². The van der Waals surface area contributed by atoms with Gasteiger partial charge in [-0.3, -0.25) is 4.79 Å². The number of aromatic hydroxyl groups is 1. The van der Waals surface area contributed by atoms with Gasteiger partial charge < -0.3 is 14.7 Å². The molecular formula is C13H17NO3. The van der Waals surface area contributed by atoms with E-state index in [-0.39, 0.29) is 17.8 Å². The van der Waals surface area contributed by atoms with Crippen LogP contribution in [-0.4, -0.2) is 30.8 Å². The number of phenolic OH excluding ortho intramolecular Hbond substituents is 1. The summed E-state index contributed by atoms with van der Waals surface area (Å²) in [7, 11) is 1.71. The molecule has 17 heavy (non-hydrogen) atoms. The molecule has 1 aliphatic rings. The minimum absolute atomic E-state index is 0.0162. The van der Waals surface area contributed by atoms with Crippen molar-refractivity contribution in [1.29, 1.82) is 0 Å². The molecule has 1 aromatic carbocycles. The van der Waals surface area contributed by atoms with E-state index in [9.17, 15) is 9.90 Å². The summed E-state index contributed by atoms with van der Waals surface area (Å²) in [6, 6.07) is 6.68. The Morgan fingerprint density at radius 3 is 3.06 bits per heavy atom. The van der Waals surface area contributed by atoms with E-state index in [0.717, 1.165) is 19.4 Å². The predicted molar refractivity (Wildman–Crippen MR) is 65.1 cm³/mol. The van der Waals surface area contributed by atoms with Gasteiger partial charge in [-0.1, -0.05) is 6.07 Å². The van der Waals surface area contributed by atoms with Gasteiger partial charge in [-0.05, 0) is 25.0 Å². The molecule has 2 rings (SSSR count). The lowest BCUT2D eigenvalue weighted by atomic mass is 10.1. The molecule has 4 heteroatoms. The van der Waals surface area contributed by atoms with Crippen molar-refractivity contribution in [2.24, 2.45) is 0 Å². The highest BCUT2D eigenvalue weighted by atomic mass is 16.5. The van der Waals surface area contributed by atoms with Crippen LogP contribution in [0.4, 0.5) is 5.69 Å². The highest BCUT2D eigenvalue weighted by Crippen LogP contribution is 2.21. The number of anilines is 1. The fraction of sp³-hybridized carbons (Fsp3) is 0.462. The third-order valence-corrected chi connectivity index (χ3v) is 3.02. The van der Waals surface area contributed by atoms with Gasteiger partial charge in [0, 0.05) is 25.4 Å². The molecule has 4 nitrogen and oxygen atoms in total. The van der Waals surface area contributed by atoms with Crippen molar-refractivity contribution in [1.82, 2.24) is 0 Å². The number of rotatable bonds is 3. The van der Waals surface area contributed by atoms with Crippen molar-refractivity contribution >= 4 is 11.6 Å². The first kappa shape index (κ1) is 11.9. The van der Waals surface area contributed by atoms with Gasteiger partial charge in [0.25, 0.3) is 0 Å². The van der Waals surface area contributed by atoms with Gasteiger partial charge >= 0.3 is 0 Å². The lowest BCUT2D eigenvalue weighted by molar-refractivity contribution is -0.120. The van der Waals surface area contributed by atoms with E-state index in [4.69, 9.17) is 4.74 Å². The predicted octanol–water partition coefficient (Wildman–Crippen LogP) is 1.92. The van der Waals surface area contributed by atoms with Crippen LogP contribution in [0.5, 0.6) is 5.75 Å². The summed E-state index contributed by atoms with van der Waals surface area (Å²) in [6.45, 7) is 0.758. The Morgan fingerprint density at radius 1 is 1.59 bits per heavy atom. The van der Waals surface area contributed by atoms with Crippen molar-refractivity contribution in [2.75, 3.05) is 18.6 Å². The molecule has 1 unspecified atom stereocenters. The lowest BCUT2D eigenvalue weighted by Crippen LogP contribution is -2.29. The summed E-state index contributed by atoms with van der Waals surface area (Å²) in [4.78, 5) is 13.5. The van der Waals surface area contributed by atoms with Gasteiger partial charge in [-0.2, -0.15) is 0 Å². The molecule has 0 radical (unpaired) electrons. The van der Waals surface area contributed by atoms with E-state index in [0.29, 0.717) is 12.1 Å². The quantitative estimate of drug-likeness (QED) is 0.870. The zero-order valence-electron chi connectivity index (χ0n) is 9.93. The summed E-state index contributed by atoms with van der Waals surface area (Å²) >= 11 is 0. The first-order valence-electron chi connectivity index (χ1n) is 5.84. The summed E-state index contributed by atoms with van der Waals surface area (Å²) in [6.07, 6.45) is 2.46. The molecule has 1 aromatic rings. The maximum Gasteiger partial charge on any atom is 0.229 e. The number of nitrogens with zero attached hydrogens (tertiary/aromatic N) is 1.